The molecule has 128 valence electrons. The third-order valence-electron chi connectivity index (χ3n) is 3.53. The molecule has 25 heavy (non-hydrogen) atoms. The molecule has 1 N–H and O–H groups in total. The summed E-state index contributed by atoms with van der Waals surface area (Å²) < 4.78 is 7.09. The highest BCUT2D eigenvalue weighted by molar-refractivity contribution is 5.91. The molecule has 7 nitrogen and oxygen atoms in total. The second-order valence-corrected chi connectivity index (χ2v) is 5.37. The van der Waals surface area contributed by atoms with Crippen LogP contribution in [0.5, 0.6) is 5.88 Å². The highest BCUT2D eigenvalue weighted by Crippen LogP contribution is 2.14. The van der Waals surface area contributed by atoms with E-state index < -0.39 is 0 Å². The minimum Gasteiger partial charge on any atom is -0.478 e. The maximum Gasteiger partial charge on any atom is 0.273 e. The van der Waals surface area contributed by atoms with Gasteiger partial charge in [0, 0.05) is 18.3 Å². The summed E-state index contributed by atoms with van der Waals surface area (Å²) in [5.41, 5.74) is 2.18. The smallest absolute Gasteiger partial charge is 0.273 e. The van der Waals surface area contributed by atoms with E-state index in [2.05, 4.69) is 20.6 Å². The van der Waals surface area contributed by atoms with Crippen LogP contribution in [0, 0.1) is 0 Å². The molecule has 0 saturated carbocycles. The monoisotopic (exact) mass is 337 g/mol. The van der Waals surface area contributed by atoms with Crippen molar-refractivity contribution in [2.75, 3.05) is 6.61 Å². The SMILES string of the molecule is CCOc1ncccc1CNC(=O)c1cn(Cc2ccccc2)nn1. The number of nitrogens with one attached hydrogen (secondary N) is 1. The Morgan fingerprint density at radius 3 is 2.84 bits per heavy atom. The molecule has 3 rings (SSSR count). The molecule has 0 bridgehead atoms. The lowest BCUT2D eigenvalue weighted by atomic mass is 10.2. The summed E-state index contributed by atoms with van der Waals surface area (Å²) in [5, 5.41) is 10.8. The number of hydrogen-bond acceptors (Lipinski definition) is 5. The van der Waals surface area contributed by atoms with Crippen molar-refractivity contribution < 1.29 is 9.53 Å². The van der Waals surface area contributed by atoms with Gasteiger partial charge < -0.3 is 10.1 Å². The van der Waals surface area contributed by atoms with E-state index in [1.54, 1.807) is 23.1 Å². The zero-order valence-corrected chi connectivity index (χ0v) is 13.9. The molecular formula is C18H19N5O2. The van der Waals surface area contributed by atoms with Crippen molar-refractivity contribution in [3.05, 3.63) is 71.7 Å². The molecule has 1 amide bonds. The van der Waals surface area contributed by atoms with Crippen LogP contribution in [0.15, 0.2) is 54.9 Å². The molecule has 0 radical (unpaired) electrons. The first-order chi connectivity index (χ1) is 12.3. The normalized spacial score (nSPS) is 10.4. The number of ether oxygens (including phenoxy) is 1. The maximum absolute atomic E-state index is 12.3. The maximum atomic E-state index is 12.3. The highest BCUT2D eigenvalue weighted by atomic mass is 16.5. The van der Waals surface area contributed by atoms with Crippen molar-refractivity contribution in [1.29, 1.82) is 0 Å². The fraction of sp³-hybridized carbons (Fsp3) is 0.222. The summed E-state index contributed by atoms with van der Waals surface area (Å²) in [6, 6.07) is 13.6. The predicted molar refractivity (Wildman–Crippen MR) is 92.1 cm³/mol. The standard InChI is InChI=1S/C18H19N5O2/c1-2-25-18-15(9-6-10-19-18)11-20-17(24)16-13-23(22-21-16)12-14-7-4-3-5-8-14/h3-10,13H,2,11-12H2,1H3,(H,20,24). The molecule has 2 heterocycles. The van der Waals surface area contributed by atoms with E-state index in [0.29, 0.717) is 25.6 Å². The van der Waals surface area contributed by atoms with E-state index in [1.165, 1.54) is 0 Å². The largest absolute Gasteiger partial charge is 0.478 e. The second-order valence-electron chi connectivity index (χ2n) is 5.37. The minimum absolute atomic E-state index is 0.276. The summed E-state index contributed by atoms with van der Waals surface area (Å²) in [6.45, 7) is 3.29. The zero-order chi connectivity index (χ0) is 17.5. The molecular weight excluding hydrogens is 318 g/mol. The van der Waals surface area contributed by atoms with Crippen LogP contribution < -0.4 is 10.1 Å². The van der Waals surface area contributed by atoms with Gasteiger partial charge in [-0.15, -0.1) is 5.10 Å². The van der Waals surface area contributed by atoms with Crippen LogP contribution in [-0.4, -0.2) is 32.5 Å². The van der Waals surface area contributed by atoms with Crippen LogP contribution in [0.25, 0.3) is 0 Å². The Bertz CT molecular complexity index is 832. The molecule has 2 aromatic heterocycles. The third-order valence-corrected chi connectivity index (χ3v) is 3.53. The summed E-state index contributed by atoms with van der Waals surface area (Å²) in [6.07, 6.45) is 3.29. The van der Waals surface area contributed by atoms with Gasteiger partial charge >= 0.3 is 0 Å². The molecule has 0 aliphatic heterocycles. The average Bonchev–Trinajstić information content (AvgIpc) is 3.10. The van der Waals surface area contributed by atoms with Gasteiger partial charge in [0.15, 0.2) is 5.69 Å². The highest BCUT2D eigenvalue weighted by Gasteiger charge is 2.12. The number of amides is 1. The molecule has 0 unspecified atom stereocenters. The van der Waals surface area contributed by atoms with Crippen molar-refractivity contribution in [3.63, 3.8) is 0 Å². The van der Waals surface area contributed by atoms with Gasteiger partial charge in [-0.2, -0.15) is 0 Å². The number of carbonyl (C=O) groups is 1. The quantitative estimate of drug-likeness (QED) is 0.713. The van der Waals surface area contributed by atoms with Gasteiger partial charge in [-0.3, -0.25) is 4.79 Å². The molecule has 3 aromatic rings. The number of nitrogens with zero attached hydrogens (tertiary/aromatic N) is 4. The summed E-state index contributed by atoms with van der Waals surface area (Å²) in [4.78, 5) is 16.4. The molecule has 1 aromatic carbocycles. The van der Waals surface area contributed by atoms with Gasteiger partial charge in [0.2, 0.25) is 5.88 Å². The lowest BCUT2D eigenvalue weighted by Crippen LogP contribution is -2.23. The second kappa shape index (κ2) is 8.05. The predicted octanol–water partition coefficient (Wildman–Crippen LogP) is 2.05. The lowest BCUT2D eigenvalue weighted by Gasteiger charge is -2.08. The Labute approximate surface area is 145 Å². The summed E-state index contributed by atoms with van der Waals surface area (Å²) >= 11 is 0. The van der Waals surface area contributed by atoms with Crippen molar-refractivity contribution in [1.82, 2.24) is 25.3 Å². The number of carbonyl (C=O) groups excluding carboxylic acids is 1. The topological polar surface area (TPSA) is 81.9 Å². The minimum atomic E-state index is -0.286. The van der Waals surface area contributed by atoms with Gasteiger partial charge in [-0.25, -0.2) is 9.67 Å². The molecule has 0 spiro atoms. The Morgan fingerprint density at radius 1 is 1.20 bits per heavy atom. The van der Waals surface area contributed by atoms with Gasteiger partial charge in [0.1, 0.15) is 0 Å². The lowest BCUT2D eigenvalue weighted by molar-refractivity contribution is 0.0945. The molecule has 7 heteroatoms. The average molecular weight is 337 g/mol. The van der Waals surface area contributed by atoms with E-state index in [-0.39, 0.29) is 11.6 Å². The molecule has 0 saturated heterocycles. The van der Waals surface area contributed by atoms with E-state index in [4.69, 9.17) is 4.74 Å². The summed E-state index contributed by atoms with van der Waals surface area (Å²) in [7, 11) is 0. The van der Waals surface area contributed by atoms with Crippen molar-refractivity contribution in [3.8, 4) is 5.88 Å². The number of rotatable bonds is 7. The van der Waals surface area contributed by atoms with E-state index in [1.807, 2.05) is 43.3 Å². The van der Waals surface area contributed by atoms with Gasteiger partial charge in [-0.1, -0.05) is 41.6 Å². The van der Waals surface area contributed by atoms with Crippen LogP contribution in [0.1, 0.15) is 28.5 Å². The Hall–Kier alpha value is -3.22. The van der Waals surface area contributed by atoms with Crippen molar-refractivity contribution in [2.24, 2.45) is 0 Å². The zero-order valence-electron chi connectivity index (χ0n) is 13.9. The van der Waals surface area contributed by atoms with Crippen LogP contribution >= 0.6 is 0 Å². The fourth-order valence-electron chi connectivity index (χ4n) is 2.34. The number of hydrogen-bond donors (Lipinski definition) is 1. The Kier molecular flexibility index (Phi) is 5.36. The fourth-order valence-corrected chi connectivity index (χ4v) is 2.34. The first-order valence-electron chi connectivity index (χ1n) is 8.05. The van der Waals surface area contributed by atoms with Gasteiger partial charge in [0.25, 0.3) is 5.91 Å². The van der Waals surface area contributed by atoms with E-state index in [0.717, 1.165) is 11.1 Å². The van der Waals surface area contributed by atoms with Gasteiger partial charge in [0.05, 0.1) is 19.3 Å². The van der Waals surface area contributed by atoms with E-state index >= 15 is 0 Å². The van der Waals surface area contributed by atoms with Crippen molar-refractivity contribution in [2.45, 2.75) is 20.0 Å². The Morgan fingerprint density at radius 2 is 2.04 bits per heavy atom. The first kappa shape index (κ1) is 16.6. The van der Waals surface area contributed by atoms with Gasteiger partial charge in [-0.05, 0) is 18.6 Å². The molecule has 0 aliphatic rings. The molecule has 0 atom stereocenters. The van der Waals surface area contributed by atoms with Crippen LogP contribution in [0.4, 0.5) is 0 Å². The van der Waals surface area contributed by atoms with E-state index in [9.17, 15) is 4.79 Å². The molecule has 0 aliphatic carbocycles. The molecule has 0 fully saturated rings. The third kappa shape index (κ3) is 4.41. The first-order valence-corrected chi connectivity index (χ1v) is 8.05. The number of aromatic nitrogens is 4. The number of pyridine rings is 1. The van der Waals surface area contributed by atoms with Crippen LogP contribution in [-0.2, 0) is 13.1 Å². The van der Waals surface area contributed by atoms with Crippen LogP contribution in [0.3, 0.4) is 0 Å². The summed E-state index contributed by atoms with van der Waals surface area (Å²) in [5.74, 6) is 0.239. The van der Waals surface area contributed by atoms with Crippen LogP contribution in [0.2, 0.25) is 0 Å². The van der Waals surface area contributed by atoms with Crippen molar-refractivity contribution >= 4 is 5.91 Å². The Balaban J connectivity index is 1.61. The number of benzene rings is 1.